The van der Waals surface area contributed by atoms with Crippen LogP contribution in [0.5, 0.6) is 0 Å². The second kappa shape index (κ2) is 6.32. The van der Waals surface area contributed by atoms with Crippen LogP contribution in [0.3, 0.4) is 0 Å². The van der Waals surface area contributed by atoms with Gasteiger partial charge in [0.15, 0.2) is 11.2 Å². The number of aromatic amines is 1. The number of H-pyrrole nitrogens is 1. The van der Waals surface area contributed by atoms with E-state index in [0.717, 1.165) is 5.69 Å². The van der Waals surface area contributed by atoms with Gasteiger partial charge in [-0.1, -0.05) is 0 Å². The summed E-state index contributed by atoms with van der Waals surface area (Å²) in [5.41, 5.74) is 7.43. The molecule has 122 valence electrons. The first-order valence-corrected chi connectivity index (χ1v) is 7.14. The van der Waals surface area contributed by atoms with Gasteiger partial charge in [-0.25, -0.2) is 9.97 Å². The van der Waals surface area contributed by atoms with Crippen molar-refractivity contribution in [2.75, 3.05) is 18.1 Å². The molecule has 1 amide bonds. The quantitative estimate of drug-likeness (QED) is 0.540. The average Bonchev–Trinajstić information content (AvgIpc) is 2.59. The molecule has 0 spiro atoms. The lowest BCUT2D eigenvalue weighted by molar-refractivity contribution is 0.0963. The van der Waals surface area contributed by atoms with Crippen LogP contribution in [0.1, 0.15) is 16.1 Å². The van der Waals surface area contributed by atoms with Crippen LogP contribution in [0.15, 0.2) is 35.3 Å². The molecule has 0 unspecified atom stereocenters. The molecule has 1 aromatic carbocycles. The molecule has 9 nitrogen and oxygen atoms in total. The van der Waals surface area contributed by atoms with Gasteiger partial charge < -0.3 is 16.4 Å². The Morgan fingerprint density at radius 2 is 2.00 bits per heavy atom. The fourth-order valence-corrected chi connectivity index (χ4v) is 2.13. The van der Waals surface area contributed by atoms with Gasteiger partial charge in [-0.3, -0.25) is 14.6 Å². The number of anilines is 2. The van der Waals surface area contributed by atoms with E-state index in [1.54, 1.807) is 31.3 Å². The van der Waals surface area contributed by atoms with E-state index in [1.807, 2.05) is 0 Å². The number of hydrogen-bond acceptors (Lipinski definition) is 7. The van der Waals surface area contributed by atoms with Gasteiger partial charge in [-0.2, -0.15) is 4.98 Å². The molecule has 0 fully saturated rings. The Labute approximate surface area is 136 Å². The Morgan fingerprint density at radius 1 is 1.25 bits per heavy atom. The zero-order valence-electron chi connectivity index (χ0n) is 12.8. The number of rotatable bonds is 4. The standard InChI is InChI=1S/C15H15N7O2/c1-17-13(23)8-2-4-9(5-3-8)18-6-10-7-19-11-12(20-10)21-15(16)22-14(11)24/h2-5,7,18H,6H2,1H3,(H,17,23)(H3,16,20,21,22,24). The molecular weight excluding hydrogens is 310 g/mol. The number of nitrogens with zero attached hydrogens (tertiary/aromatic N) is 3. The molecule has 2 heterocycles. The molecule has 3 aromatic rings. The van der Waals surface area contributed by atoms with Gasteiger partial charge in [0.1, 0.15) is 0 Å². The molecule has 0 aliphatic carbocycles. The first kappa shape index (κ1) is 15.4. The summed E-state index contributed by atoms with van der Waals surface area (Å²) in [4.78, 5) is 37.8. The zero-order valence-corrected chi connectivity index (χ0v) is 12.8. The van der Waals surface area contributed by atoms with Crippen molar-refractivity contribution in [1.82, 2.24) is 25.3 Å². The Morgan fingerprint density at radius 3 is 2.71 bits per heavy atom. The van der Waals surface area contributed by atoms with E-state index >= 15 is 0 Å². The fraction of sp³-hybridized carbons (Fsp3) is 0.133. The number of amides is 1. The summed E-state index contributed by atoms with van der Waals surface area (Å²) in [5, 5.41) is 5.72. The molecule has 0 aliphatic heterocycles. The van der Waals surface area contributed by atoms with Gasteiger partial charge in [0.25, 0.3) is 11.5 Å². The zero-order chi connectivity index (χ0) is 17.1. The summed E-state index contributed by atoms with van der Waals surface area (Å²) in [6.45, 7) is 0.386. The first-order valence-electron chi connectivity index (χ1n) is 7.14. The Kier molecular flexibility index (Phi) is 4.06. The molecule has 2 aromatic heterocycles. The number of fused-ring (bicyclic) bond motifs is 1. The van der Waals surface area contributed by atoms with Gasteiger partial charge in [0.05, 0.1) is 18.4 Å². The van der Waals surface area contributed by atoms with Crippen LogP contribution in [0.4, 0.5) is 11.6 Å². The maximum Gasteiger partial charge on any atom is 0.280 e. The number of nitrogens with one attached hydrogen (secondary N) is 3. The summed E-state index contributed by atoms with van der Waals surface area (Å²) in [6.07, 6.45) is 1.50. The van der Waals surface area contributed by atoms with E-state index in [-0.39, 0.29) is 23.0 Å². The molecule has 5 N–H and O–H groups in total. The van der Waals surface area contributed by atoms with Gasteiger partial charge in [-0.15, -0.1) is 0 Å². The molecule has 0 atom stereocenters. The second-order valence-corrected chi connectivity index (χ2v) is 4.99. The summed E-state index contributed by atoms with van der Waals surface area (Å²) >= 11 is 0. The van der Waals surface area contributed by atoms with Crippen LogP contribution in [0.2, 0.25) is 0 Å². The number of aromatic nitrogens is 4. The summed E-state index contributed by atoms with van der Waals surface area (Å²) in [5.74, 6) is -0.146. The minimum atomic E-state index is -0.422. The van der Waals surface area contributed by atoms with E-state index in [1.165, 1.54) is 6.20 Å². The number of nitrogen functional groups attached to an aromatic ring is 1. The SMILES string of the molecule is CNC(=O)c1ccc(NCc2cnc3c(=O)[nH]c(N)nc3n2)cc1. The maximum atomic E-state index is 11.7. The molecule has 3 rings (SSSR count). The van der Waals surface area contributed by atoms with Crippen molar-refractivity contribution in [1.29, 1.82) is 0 Å². The second-order valence-electron chi connectivity index (χ2n) is 4.99. The topological polar surface area (TPSA) is 139 Å². The highest BCUT2D eigenvalue weighted by Gasteiger charge is 2.07. The number of benzene rings is 1. The van der Waals surface area contributed by atoms with Gasteiger partial charge in [0.2, 0.25) is 5.95 Å². The molecule has 0 bridgehead atoms. The number of hydrogen-bond donors (Lipinski definition) is 4. The fourth-order valence-electron chi connectivity index (χ4n) is 2.13. The molecular formula is C15H15N7O2. The van der Waals surface area contributed by atoms with Gasteiger partial charge >= 0.3 is 0 Å². The highest BCUT2D eigenvalue weighted by Crippen LogP contribution is 2.11. The van der Waals surface area contributed by atoms with Crippen molar-refractivity contribution < 1.29 is 4.79 Å². The normalized spacial score (nSPS) is 10.5. The summed E-state index contributed by atoms with van der Waals surface area (Å²) in [7, 11) is 1.58. The van der Waals surface area contributed by atoms with Crippen LogP contribution < -0.4 is 21.9 Å². The number of carbonyl (C=O) groups excluding carboxylic acids is 1. The van der Waals surface area contributed by atoms with Crippen LogP contribution in [0, 0.1) is 0 Å². The van der Waals surface area contributed by atoms with Crippen LogP contribution in [-0.2, 0) is 6.54 Å². The maximum absolute atomic E-state index is 11.7. The molecule has 0 radical (unpaired) electrons. The van der Waals surface area contributed by atoms with E-state index in [2.05, 4.69) is 30.6 Å². The van der Waals surface area contributed by atoms with Crippen molar-refractivity contribution in [2.24, 2.45) is 0 Å². The van der Waals surface area contributed by atoms with Crippen molar-refractivity contribution in [3.8, 4) is 0 Å². The molecule has 0 saturated heterocycles. The van der Waals surface area contributed by atoms with Crippen LogP contribution in [0.25, 0.3) is 11.2 Å². The molecule has 0 aliphatic rings. The number of nitrogens with two attached hydrogens (primary N) is 1. The average molecular weight is 325 g/mol. The third kappa shape index (κ3) is 3.14. The smallest absolute Gasteiger partial charge is 0.280 e. The third-order valence-corrected chi connectivity index (χ3v) is 3.33. The minimum absolute atomic E-state index is 0.00306. The van der Waals surface area contributed by atoms with Crippen LogP contribution >= 0.6 is 0 Å². The highest BCUT2D eigenvalue weighted by molar-refractivity contribution is 5.94. The highest BCUT2D eigenvalue weighted by atomic mass is 16.1. The lowest BCUT2D eigenvalue weighted by atomic mass is 10.2. The predicted octanol–water partition coefficient (Wildman–Crippen LogP) is 0.267. The van der Waals surface area contributed by atoms with Gasteiger partial charge in [0, 0.05) is 18.3 Å². The summed E-state index contributed by atoms with van der Waals surface area (Å²) in [6, 6.07) is 7.02. The Balaban J connectivity index is 1.76. The van der Waals surface area contributed by atoms with Crippen molar-refractivity contribution in [2.45, 2.75) is 6.54 Å². The summed E-state index contributed by atoms with van der Waals surface area (Å²) < 4.78 is 0. The monoisotopic (exact) mass is 325 g/mol. The Hall–Kier alpha value is -3.49. The lowest BCUT2D eigenvalue weighted by Crippen LogP contribution is -2.17. The molecule has 24 heavy (non-hydrogen) atoms. The first-order chi connectivity index (χ1) is 11.6. The van der Waals surface area contributed by atoms with Crippen molar-refractivity contribution in [3.63, 3.8) is 0 Å². The predicted molar refractivity (Wildman–Crippen MR) is 89.5 cm³/mol. The van der Waals surface area contributed by atoms with Crippen molar-refractivity contribution >= 4 is 28.7 Å². The number of carbonyl (C=O) groups is 1. The van der Waals surface area contributed by atoms with Crippen molar-refractivity contribution in [3.05, 3.63) is 52.1 Å². The lowest BCUT2D eigenvalue weighted by Gasteiger charge is -2.07. The van der Waals surface area contributed by atoms with E-state index in [4.69, 9.17) is 5.73 Å². The molecule has 0 saturated carbocycles. The Bertz CT molecular complexity index is 950. The third-order valence-electron chi connectivity index (χ3n) is 3.33. The van der Waals surface area contributed by atoms with E-state index < -0.39 is 5.56 Å². The minimum Gasteiger partial charge on any atom is -0.379 e. The molecule has 9 heteroatoms. The van der Waals surface area contributed by atoms with Gasteiger partial charge in [-0.05, 0) is 24.3 Å². The van der Waals surface area contributed by atoms with E-state index in [0.29, 0.717) is 17.8 Å². The van der Waals surface area contributed by atoms with Crippen LogP contribution in [-0.4, -0.2) is 32.9 Å². The largest absolute Gasteiger partial charge is 0.379 e. The van der Waals surface area contributed by atoms with E-state index in [9.17, 15) is 9.59 Å².